The third-order valence-corrected chi connectivity index (χ3v) is 4.68. The van der Waals surface area contributed by atoms with Gasteiger partial charge in [-0.25, -0.2) is 4.79 Å². The van der Waals surface area contributed by atoms with Crippen molar-refractivity contribution < 1.29 is 27.9 Å². The number of alkyl halides is 3. The van der Waals surface area contributed by atoms with Crippen LogP contribution in [0.4, 0.5) is 18.9 Å². The van der Waals surface area contributed by atoms with Crippen molar-refractivity contribution >= 4 is 29.2 Å². The smallest absolute Gasteiger partial charge is 0.475 e. The van der Waals surface area contributed by atoms with Gasteiger partial charge in [-0.05, 0) is 24.3 Å². The van der Waals surface area contributed by atoms with E-state index in [-0.39, 0.29) is 5.91 Å². The maximum Gasteiger partial charge on any atom is 0.490 e. The average molecular weight is 453 g/mol. The molecule has 0 bridgehead atoms. The summed E-state index contributed by atoms with van der Waals surface area (Å²) in [5.41, 5.74) is 11.5. The highest BCUT2D eigenvalue weighted by Crippen LogP contribution is 2.32. The number of fused-ring (bicyclic) bond motifs is 1. The van der Waals surface area contributed by atoms with E-state index < -0.39 is 12.1 Å². The van der Waals surface area contributed by atoms with Crippen LogP contribution >= 0.6 is 11.6 Å². The van der Waals surface area contributed by atoms with Gasteiger partial charge in [-0.1, -0.05) is 23.7 Å². The summed E-state index contributed by atoms with van der Waals surface area (Å²) in [7, 11) is 0. The van der Waals surface area contributed by atoms with Gasteiger partial charge in [0.15, 0.2) is 0 Å². The number of carboxylic acids is 1. The largest absolute Gasteiger partial charge is 0.490 e. The Balaban J connectivity index is 0.000000339. The first kappa shape index (κ1) is 22.2. The van der Waals surface area contributed by atoms with Crippen LogP contribution in [0.5, 0.6) is 0 Å². The van der Waals surface area contributed by atoms with Crippen molar-refractivity contribution in [3.8, 4) is 22.5 Å². The lowest BCUT2D eigenvalue weighted by molar-refractivity contribution is -0.192. The number of carbonyl (C=O) groups is 2. The number of hydrogen-bond acceptors (Lipinski definition) is 4. The van der Waals surface area contributed by atoms with Gasteiger partial charge in [0.25, 0.3) is 5.91 Å². The molecule has 1 aromatic carbocycles. The number of carbonyl (C=O) groups excluding carboxylic acids is 1. The Hall–Kier alpha value is -3.53. The molecule has 4 rings (SSSR count). The van der Waals surface area contributed by atoms with Crippen molar-refractivity contribution in [2.75, 3.05) is 12.3 Å². The van der Waals surface area contributed by atoms with Crippen LogP contribution in [0, 0.1) is 0 Å². The zero-order chi connectivity index (χ0) is 22.8. The molecule has 0 atom stereocenters. The second-order valence-electron chi connectivity index (χ2n) is 6.56. The quantitative estimate of drug-likeness (QED) is 0.439. The molecule has 0 saturated heterocycles. The Labute approximate surface area is 179 Å². The van der Waals surface area contributed by atoms with E-state index in [1.165, 1.54) is 0 Å². The standard InChI is InChI=1S/C18H15ClN4O.C2HF3O2/c19-14-9-22-16(10-2-1-3-11(20)6-10)7-12(14)17-8-13-15(23-17)4-5-21-18(13)24;3-2(4,5)1(6)7/h1-3,6-9,23H,4-5,20H2,(H,21,24);(H,6,7). The molecule has 1 aliphatic heterocycles. The first-order valence-electron chi connectivity index (χ1n) is 8.88. The van der Waals surface area contributed by atoms with Crippen molar-refractivity contribution in [2.45, 2.75) is 12.6 Å². The van der Waals surface area contributed by atoms with Crippen LogP contribution in [-0.4, -0.2) is 39.7 Å². The third-order valence-electron chi connectivity index (χ3n) is 4.37. The number of aliphatic carboxylic acids is 1. The predicted octanol–water partition coefficient (Wildman–Crippen LogP) is 3.90. The Morgan fingerprint density at radius 2 is 1.90 bits per heavy atom. The van der Waals surface area contributed by atoms with Gasteiger partial charge >= 0.3 is 12.1 Å². The first-order chi connectivity index (χ1) is 14.6. The molecule has 11 heteroatoms. The highest BCUT2D eigenvalue weighted by molar-refractivity contribution is 6.33. The van der Waals surface area contributed by atoms with Gasteiger partial charge in [0.1, 0.15) is 0 Å². The number of carboxylic acid groups (broad SMARTS) is 1. The number of amides is 1. The lowest BCUT2D eigenvalue weighted by Gasteiger charge is -2.11. The number of aromatic amines is 1. The highest BCUT2D eigenvalue weighted by atomic mass is 35.5. The van der Waals surface area contributed by atoms with Crippen molar-refractivity contribution in [1.29, 1.82) is 0 Å². The molecule has 1 amide bonds. The summed E-state index contributed by atoms with van der Waals surface area (Å²) in [5, 5.41) is 10.5. The number of H-pyrrole nitrogens is 1. The zero-order valence-corrected chi connectivity index (χ0v) is 16.5. The lowest BCUT2D eigenvalue weighted by atomic mass is 10.1. The average Bonchev–Trinajstić information content (AvgIpc) is 3.13. The summed E-state index contributed by atoms with van der Waals surface area (Å²) in [6.45, 7) is 0.643. The summed E-state index contributed by atoms with van der Waals surface area (Å²) in [6.07, 6.45) is -2.68. The number of anilines is 1. The molecule has 0 radical (unpaired) electrons. The second kappa shape index (κ2) is 8.68. The molecule has 0 unspecified atom stereocenters. The number of rotatable bonds is 2. The molecule has 0 saturated carbocycles. The molecule has 7 nitrogen and oxygen atoms in total. The van der Waals surface area contributed by atoms with Gasteiger partial charge in [-0.2, -0.15) is 13.2 Å². The number of halogens is 4. The minimum absolute atomic E-state index is 0.0556. The number of benzene rings is 1. The minimum atomic E-state index is -5.08. The number of nitrogens with two attached hydrogens (primary N) is 1. The van der Waals surface area contributed by atoms with E-state index in [4.69, 9.17) is 27.2 Å². The van der Waals surface area contributed by atoms with Crippen LogP contribution in [0.3, 0.4) is 0 Å². The van der Waals surface area contributed by atoms with Gasteiger partial charge in [-0.3, -0.25) is 9.78 Å². The van der Waals surface area contributed by atoms with Gasteiger partial charge < -0.3 is 21.1 Å². The first-order valence-corrected chi connectivity index (χ1v) is 9.26. The molecular weight excluding hydrogens is 437 g/mol. The molecule has 3 heterocycles. The van der Waals surface area contributed by atoms with Gasteiger partial charge in [0, 0.05) is 47.4 Å². The van der Waals surface area contributed by atoms with Crippen LogP contribution < -0.4 is 11.1 Å². The van der Waals surface area contributed by atoms with E-state index in [1.807, 2.05) is 36.4 Å². The Morgan fingerprint density at radius 3 is 2.52 bits per heavy atom. The Kier molecular flexibility index (Phi) is 6.21. The maximum atomic E-state index is 12.0. The van der Waals surface area contributed by atoms with Crippen molar-refractivity contribution in [2.24, 2.45) is 0 Å². The SMILES string of the molecule is Nc1cccc(-c2cc(-c3cc4c([nH]3)CCNC4=O)c(Cl)cn2)c1.O=C(O)C(F)(F)F. The fraction of sp³-hybridized carbons (Fsp3) is 0.150. The molecular formula is C20H16ClF3N4O3. The second-order valence-corrected chi connectivity index (χ2v) is 6.97. The molecule has 0 aliphatic carbocycles. The van der Waals surface area contributed by atoms with E-state index in [0.29, 0.717) is 22.8 Å². The molecule has 1 aliphatic rings. The maximum absolute atomic E-state index is 12.0. The van der Waals surface area contributed by atoms with Crippen LogP contribution in [-0.2, 0) is 11.2 Å². The predicted molar refractivity (Wildman–Crippen MR) is 109 cm³/mol. The number of nitrogen functional groups attached to an aromatic ring is 1. The van der Waals surface area contributed by atoms with E-state index in [9.17, 15) is 18.0 Å². The number of hydrogen-bond donors (Lipinski definition) is 4. The van der Waals surface area contributed by atoms with Crippen molar-refractivity contribution in [3.63, 3.8) is 0 Å². The van der Waals surface area contributed by atoms with Gasteiger partial charge in [0.05, 0.1) is 16.3 Å². The van der Waals surface area contributed by atoms with E-state index in [1.54, 1.807) is 6.20 Å². The summed E-state index contributed by atoms with van der Waals surface area (Å²) in [5.74, 6) is -2.81. The lowest BCUT2D eigenvalue weighted by Crippen LogP contribution is -2.31. The van der Waals surface area contributed by atoms with Crippen LogP contribution in [0.2, 0.25) is 5.02 Å². The van der Waals surface area contributed by atoms with E-state index in [0.717, 1.165) is 34.6 Å². The highest BCUT2D eigenvalue weighted by Gasteiger charge is 2.38. The summed E-state index contributed by atoms with van der Waals surface area (Å²) in [4.78, 5) is 28.6. The normalized spacial score (nSPS) is 13.0. The van der Waals surface area contributed by atoms with Crippen LogP contribution in [0.15, 0.2) is 42.6 Å². The zero-order valence-electron chi connectivity index (χ0n) is 15.8. The summed E-state index contributed by atoms with van der Waals surface area (Å²) >= 11 is 6.34. The Bertz CT molecular complexity index is 1140. The van der Waals surface area contributed by atoms with Crippen LogP contribution in [0.1, 0.15) is 16.1 Å². The molecule has 162 valence electrons. The minimum Gasteiger partial charge on any atom is -0.475 e. The fourth-order valence-electron chi connectivity index (χ4n) is 2.94. The van der Waals surface area contributed by atoms with E-state index in [2.05, 4.69) is 15.3 Å². The molecule has 3 aromatic rings. The fourth-order valence-corrected chi connectivity index (χ4v) is 3.14. The molecule has 2 aromatic heterocycles. The van der Waals surface area contributed by atoms with Crippen molar-refractivity contribution in [1.82, 2.24) is 15.3 Å². The summed E-state index contributed by atoms with van der Waals surface area (Å²) < 4.78 is 31.7. The van der Waals surface area contributed by atoms with Gasteiger partial charge in [0.2, 0.25) is 0 Å². The topological polar surface area (TPSA) is 121 Å². The summed E-state index contributed by atoms with van der Waals surface area (Å²) in [6, 6.07) is 11.3. The Morgan fingerprint density at radius 1 is 1.19 bits per heavy atom. The number of nitrogens with one attached hydrogen (secondary N) is 2. The molecule has 5 N–H and O–H groups in total. The van der Waals surface area contributed by atoms with Gasteiger partial charge in [-0.15, -0.1) is 0 Å². The van der Waals surface area contributed by atoms with Crippen molar-refractivity contribution in [3.05, 3.63) is 58.9 Å². The van der Waals surface area contributed by atoms with E-state index >= 15 is 0 Å². The third kappa shape index (κ3) is 5.15. The van der Waals surface area contributed by atoms with Crippen LogP contribution in [0.25, 0.3) is 22.5 Å². The molecule has 31 heavy (non-hydrogen) atoms. The molecule has 0 spiro atoms. The molecule has 0 fully saturated rings. The number of nitrogens with zero attached hydrogens (tertiary/aromatic N) is 1. The number of pyridine rings is 1. The monoisotopic (exact) mass is 452 g/mol. The number of aromatic nitrogens is 2.